The molecule has 4 fully saturated rings. The molecule has 0 heterocycles. The first-order chi connectivity index (χ1) is 15.2. The Morgan fingerprint density at radius 1 is 0.697 bits per heavy atom. The SMILES string of the molecule is Cl.Cl.[Zr][CH]1C(CC2C3CC4CC(C3)CC2C4)=Cc2c(-c3cccc4ccccc34)cccc21. The van der Waals surface area contributed by atoms with Crippen LogP contribution in [-0.2, 0) is 24.7 Å². The molecule has 5 aliphatic carbocycles. The minimum atomic E-state index is 0. The van der Waals surface area contributed by atoms with E-state index in [9.17, 15) is 0 Å². The molecule has 0 aliphatic heterocycles. The van der Waals surface area contributed by atoms with E-state index < -0.39 is 0 Å². The summed E-state index contributed by atoms with van der Waals surface area (Å²) in [6, 6.07) is 22.7. The van der Waals surface area contributed by atoms with Crippen molar-refractivity contribution < 1.29 is 24.7 Å². The van der Waals surface area contributed by atoms with Crippen LogP contribution in [0.3, 0.4) is 0 Å². The Morgan fingerprint density at radius 3 is 2.09 bits per heavy atom. The van der Waals surface area contributed by atoms with Crippen molar-refractivity contribution in [2.75, 3.05) is 0 Å². The first kappa shape index (κ1) is 23.8. The molecule has 0 nitrogen and oxygen atoms in total. The van der Waals surface area contributed by atoms with Gasteiger partial charge in [-0.1, -0.05) is 0 Å². The van der Waals surface area contributed by atoms with Crippen LogP contribution in [0.25, 0.3) is 28.0 Å². The minimum absolute atomic E-state index is 0. The Hall–Kier alpha value is -0.877. The van der Waals surface area contributed by atoms with E-state index in [1.54, 1.807) is 68.0 Å². The maximum atomic E-state index is 2.62. The molecule has 169 valence electrons. The van der Waals surface area contributed by atoms with Crippen LogP contribution in [0.15, 0.2) is 66.2 Å². The second kappa shape index (κ2) is 9.29. The fraction of sp³-hybridized carbons (Fsp3) is 0.400. The zero-order valence-corrected chi connectivity index (χ0v) is 23.0. The number of allylic oxidation sites excluding steroid dienone is 1. The van der Waals surface area contributed by atoms with Crippen molar-refractivity contribution in [1.82, 2.24) is 0 Å². The summed E-state index contributed by atoms with van der Waals surface area (Å²) in [5.74, 6) is 5.19. The van der Waals surface area contributed by atoms with Crippen molar-refractivity contribution in [3.63, 3.8) is 0 Å². The van der Waals surface area contributed by atoms with Gasteiger partial charge in [0.25, 0.3) is 0 Å². The molecule has 1 atom stereocenters. The molecule has 8 rings (SSSR count). The molecular weight excluding hydrogens is 522 g/mol. The van der Waals surface area contributed by atoms with Gasteiger partial charge in [0.1, 0.15) is 0 Å². The molecule has 3 heteroatoms. The van der Waals surface area contributed by atoms with Crippen LogP contribution in [0.1, 0.15) is 53.3 Å². The van der Waals surface area contributed by atoms with Gasteiger partial charge in [0.05, 0.1) is 0 Å². The van der Waals surface area contributed by atoms with Gasteiger partial charge in [0.2, 0.25) is 0 Å². The predicted octanol–water partition coefficient (Wildman–Crippen LogP) is 8.80. The van der Waals surface area contributed by atoms with Gasteiger partial charge in [-0.25, -0.2) is 0 Å². The fourth-order valence-electron chi connectivity index (χ4n) is 7.98. The summed E-state index contributed by atoms with van der Waals surface area (Å²) in [7, 11) is 0. The van der Waals surface area contributed by atoms with Crippen LogP contribution in [0.5, 0.6) is 0 Å². The number of fused-ring (bicyclic) bond motifs is 2. The molecule has 4 saturated carbocycles. The summed E-state index contributed by atoms with van der Waals surface area (Å²) in [5.41, 5.74) is 7.67. The van der Waals surface area contributed by atoms with E-state index in [-0.39, 0.29) is 24.8 Å². The van der Waals surface area contributed by atoms with Gasteiger partial charge in [0.15, 0.2) is 0 Å². The third-order valence-corrected chi connectivity index (χ3v) is 10.8. The molecule has 0 N–H and O–H groups in total. The Bertz CT molecular complexity index is 1180. The second-order valence-electron chi connectivity index (χ2n) is 10.8. The number of rotatable bonds is 3. The zero-order chi connectivity index (χ0) is 20.5. The van der Waals surface area contributed by atoms with Gasteiger partial charge >= 0.3 is 202 Å². The van der Waals surface area contributed by atoms with Crippen molar-refractivity contribution in [3.8, 4) is 11.1 Å². The fourth-order valence-corrected chi connectivity index (χ4v) is 9.09. The first-order valence-electron chi connectivity index (χ1n) is 12.3. The van der Waals surface area contributed by atoms with Crippen molar-refractivity contribution in [2.24, 2.45) is 29.6 Å². The van der Waals surface area contributed by atoms with Gasteiger partial charge in [-0.2, -0.15) is 0 Å². The topological polar surface area (TPSA) is 0 Å². The molecule has 4 bridgehead atoms. The molecule has 0 amide bonds. The Kier molecular flexibility index (Phi) is 6.72. The molecule has 3 aromatic carbocycles. The van der Waals surface area contributed by atoms with E-state index in [2.05, 4.69) is 66.7 Å². The number of halogens is 2. The summed E-state index contributed by atoms with van der Waals surface area (Å²) < 4.78 is 0.661. The molecule has 0 spiro atoms. The van der Waals surface area contributed by atoms with E-state index in [1.165, 1.54) is 33.9 Å². The summed E-state index contributed by atoms with van der Waals surface area (Å²) in [6.45, 7) is 0. The van der Waals surface area contributed by atoms with Crippen molar-refractivity contribution in [3.05, 3.63) is 77.4 Å². The summed E-state index contributed by atoms with van der Waals surface area (Å²) in [6.07, 6.45) is 11.7. The average molecular weight is 554 g/mol. The normalized spacial score (nSPS) is 30.9. The van der Waals surface area contributed by atoms with E-state index >= 15 is 0 Å². The molecule has 1 unspecified atom stereocenters. The zero-order valence-electron chi connectivity index (χ0n) is 18.9. The van der Waals surface area contributed by atoms with Crippen molar-refractivity contribution in [1.29, 1.82) is 0 Å². The summed E-state index contributed by atoms with van der Waals surface area (Å²) >= 11 is 1.66. The van der Waals surface area contributed by atoms with E-state index in [0.29, 0.717) is 3.63 Å². The van der Waals surface area contributed by atoms with Crippen LogP contribution < -0.4 is 0 Å². The van der Waals surface area contributed by atoms with Crippen LogP contribution >= 0.6 is 24.8 Å². The second-order valence-corrected chi connectivity index (χ2v) is 12.2. The summed E-state index contributed by atoms with van der Waals surface area (Å²) in [4.78, 5) is 0. The van der Waals surface area contributed by atoms with Gasteiger partial charge in [-0.05, 0) is 0 Å². The number of hydrogen-bond acceptors (Lipinski definition) is 0. The Balaban J connectivity index is 0.00000114. The molecule has 0 aromatic heterocycles. The van der Waals surface area contributed by atoms with Gasteiger partial charge in [-0.3, -0.25) is 0 Å². The summed E-state index contributed by atoms with van der Waals surface area (Å²) in [5, 5.41) is 2.72. The molecule has 3 aromatic rings. The third kappa shape index (κ3) is 3.91. The molecule has 33 heavy (non-hydrogen) atoms. The van der Waals surface area contributed by atoms with Gasteiger partial charge in [0, 0.05) is 0 Å². The number of benzene rings is 3. The van der Waals surface area contributed by atoms with Crippen LogP contribution in [0.4, 0.5) is 0 Å². The molecular formula is C30H31Cl2Zr. The van der Waals surface area contributed by atoms with Crippen LogP contribution in [0, 0.1) is 29.6 Å². The quantitative estimate of drug-likeness (QED) is 0.304. The molecule has 0 radical (unpaired) electrons. The average Bonchev–Trinajstić information content (AvgIpc) is 3.11. The standard InChI is InChI=1S/C30H29.2ClH.Zr/c1-2-8-26-22(5-1)6-3-9-27(26)28-10-4-7-23-12-21(18-30(23)28)17-29-24-13-19-11-20(15-24)16-25(29)14-19;;;/h1-10,12,18-20,24-25,29H,11,13-17H2;2*1H;. The number of hydrogen-bond donors (Lipinski definition) is 0. The van der Waals surface area contributed by atoms with Gasteiger partial charge < -0.3 is 0 Å². The molecule has 5 aliphatic rings. The van der Waals surface area contributed by atoms with Crippen LogP contribution in [0.2, 0.25) is 0 Å². The molecule has 0 saturated heterocycles. The van der Waals surface area contributed by atoms with E-state index in [0.717, 1.165) is 29.6 Å². The van der Waals surface area contributed by atoms with E-state index in [1.807, 2.05) is 0 Å². The van der Waals surface area contributed by atoms with Gasteiger partial charge in [-0.15, -0.1) is 24.8 Å². The Labute approximate surface area is 225 Å². The monoisotopic (exact) mass is 551 g/mol. The van der Waals surface area contributed by atoms with Crippen LogP contribution in [-0.4, -0.2) is 0 Å². The first-order valence-corrected chi connectivity index (χ1v) is 13.7. The maximum absolute atomic E-state index is 2.62. The third-order valence-electron chi connectivity index (χ3n) is 9.12. The predicted molar refractivity (Wildman–Crippen MR) is 140 cm³/mol. The van der Waals surface area contributed by atoms with E-state index in [4.69, 9.17) is 0 Å². The Morgan fingerprint density at radius 2 is 1.33 bits per heavy atom. The van der Waals surface area contributed by atoms with Crippen molar-refractivity contribution in [2.45, 2.75) is 42.2 Å². The van der Waals surface area contributed by atoms with Crippen molar-refractivity contribution >= 4 is 41.7 Å².